The minimum Gasteiger partial charge on any atom is -0.396 e. The highest BCUT2D eigenvalue weighted by atomic mass is 32.2. The number of ether oxygens (including phenoxy) is 1. The van der Waals surface area contributed by atoms with Gasteiger partial charge >= 0.3 is 0 Å². The van der Waals surface area contributed by atoms with Crippen LogP contribution in [0, 0.1) is 0 Å². The van der Waals surface area contributed by atoms with E-state index in [1.54, 1.807) is 11.8 Å². The molecule has 0 fully saturated rings. The highest BCUT2D eigenvalue weighted by molar-refractivity contribution is 7.99. The van der Waals surface area contributed by atoms with Crippen LogP contribution in [0.5, 0.6) is 0 Å². The number of rotatable bonds is 7. The van der Waals surface area contributed by atoms with Gasteiger partial charge in [-0.15, -0.1) is 11.8 Å². The van der Waals surface area contributed by atoms with E-state index in [1.165, 1.54) is 5.56 Å². The van der Waals surface area contributed by atoms with E-state index in [1.807, 2.05) is 18.2 Å². The van der Waals surface area contributed by atoms with Crippen LogP contribution < -0.4 is 0 Å². The monoisotopic (exact) mass is 226 g/mol. The molecule has 0 aliphatic carbocycles. The summed E-state index contributed by atoms with van der Waals surface area (Å²) in [5.41, 5.74) is 1.20. The van der Waals surface area contributed by atoms with Gasteiger partial charge < -0.3 is 9.84 Å². The Bertz CT molecular complexity index is 251. The second-order valence-corrected chi connectivity index (χ2v) is 4.82. The lowest BCUT2D eigenvalue weighted by Crippen LogP contribution is -2.02. The number of aliphatic hydroxyl groups is 1. The third kappa shape index (κ3) is 5.82. The van der Waals surface area contributed by atoms with Crippen LogP contribution in [0.15, 0.2) is 30.3 Å². The highest BCUT2D eigenvalue weighted by Gasteiger charge is 2.00. The molecule has 3 heteroatoms. The Morgan fingerprint density at radius 3 is 2.73 bits per heavy atom. The van der Waals surface area contributed by atoms with Crippen molar-refractivity contribution in [3.8, 4) is 0 Å². The maximum Gasteiger partial charge on any atom is 0.0928 e. The Balaban J connectivity index is 2.07. The maximum absolute atomic E-state index is 8.72. The Morgan fingerprint density at radius 1 is 1.33 bits per heavy atom. The summed E-state index contributed by atoms with van der Waals surface area (Å²) in [6.07, 6.45) is 0.833. The molecule has 1 aromatic rings. The molecule has 0 aromatic heterocycles. The van der Waals surface area contributed by atoms with Crippen molar-refractivity contribution in [1.82, 2.24) is 0 Å². The normalized spacial score (nSPS) is 12.7. The Hall–Kier alpha value is -0.510. The van der Waals surface area contributed by atoms with E-state index in [-0.39, 0.29) is 6.61 Å². The van der Waals surface area contributed by atoms with E-state index in [0.29, 0.717) is 17.8 Å². The maximum atomic E-state index is 8.72. The lowest BCUT2D eigenvalue weighted by Gasteiger charge is -2.09. The summed E-state index contributed by atoms with van der Waals surface area (Å²) in [6.45, 7) is 3.03. The summed E-state index contributed by atoms with van der Waals surface area (Å²) in [4.78, 5) is 0. The number of aliphatic hydroxyl groups excluding tert-OH is 1. The first-order valence-electron chi connectivity index (χ1n) is 5.17. The molecule has 0 aliphatic heterocycles. The molecule has 1 aromatic carbocycles. The molecule has 0 bridgehead atoms. The van der Waals surface area contributed by atoms with E-state index < -0.39 is 0 Å². The first-order chi connectivity index (χ1) is 7.33. The smallest absolute Gasteiger partial charge is 0.0928 e. The van der Waals surface area contributed by atoms with Crippen molar-refractivity contribution in [2.45, 2.75) is 25.2 Å². The summed E-state index contributed by atoms with van der Waals surface area (Å²) >= 11 is 1.74. The van der Waals surface area contributed by atoms with Crippen LogP contribution in [-0.2, 0) is 11.3 Å². The third-order valence-corrected chi connectivity index (χ3v) is 3.19. The fourth-order valence-corrected chi connectivity index (χ4v) is 1.85. The van der Waals surface area contributed by atoms with Crippen molar-refractivity contribution in [1.29, 1.82) is 0 Å². The van der Waals surface area contributed by atoms with E-state index >= 15 is 0 Å². The average Bonchev–Trinajstić information content (AvgIpc) is 2.26. The van der Waals surface area contributed by atoms with Crippen molar-refractivity contribution < 1.29 is 9.84 Å². The molecule has 1 rings (SSSR count). The zero-order chi connectivity index (χ0) is 10.9. The zero-order valence-electron chi connectivity index (χ0n) is 9.06. The van der Waals surface area contributed by atoms with Gasteiger partial charge in [0.05, 0.1) is 12.5 Å². The molecule has 0 spiro atoms. The van der Waals surface area contributed by atoms with Crippen LogP contribution in [0.3, 0.4) is 0 Å². The van der Waals surface area contributed by atoms with Crippen molar-refractivity contribution in [3.63, 3.8) is 0 Å². The topological polar surface area (TPSA) is 29.5 Å². The number of hydrogen-bond donors (Lipinski definition) is 1. The highest BCUT2D eigenvalue weighted by Crippen LogP contribution is 2.14. The second kappa shape index (κ2) is 7.74. The van der Waals surface area contributed by atoms with Crippen LogP contribution >= 0.6 is 11.8 Å². The molecule has 1 atom stereocenters. The van der Waals surface area contributed by atoms with Gasteiger partial charge in [-0.2, -0.15) is 0 Å². The lowest BCUT2D eigenvalue weighted by molar-refractivity contribution is 0.168. The summed E-state index contributed by atoms with van der Waals surface area (Å²) in [7, 11) is 0. The first-order valence-corrected chi connectivity index (χ1v) is 6.22. The summed E-state index contributed by atoms with van der Waals surface area (Å²) in [5.74, 6) is 0.691. The predicted molar refractivity (Wildman–Crippen MR) is 64.9 cm³/mol. The number of thioether (sulfide) groups is 1. The standard InChI is InChI=1S/C12H18O2S/c1-11(7-8-13)15-10-14-9-12-5-3-2-4-6-12/h2-6,11,13H,7-10H2,1H3. The van der Waals surface area contributed by atoms with Gasteiger partial charge in [-0.05, 0) is 12.0 Å². The average molecular weight is 226 g/mol. The van der Waals surface area contributed by atoms with Crippen LogP contribution in [-0.4, -0.2) is 22.9 Å². The summed E-state index contributed by atoms with van der Waals surface area (Å²) < 4.78 is 5.52. The molecule has 1 N–H and O–H groups in total. The van der Waals surface area contributed by atoms with Gasteiger partial charge in [0, 0.05) is 11.9 Å². The first kappa shape index (κ1) is 12.6. The van der Waals surface area contributed by atoms with E-state index in [2.05, 4.69) is 19.1 Å². The fraction of sp³-hybridized carbons (Fsp3) is 0.500. The molecule has 84 valence electrons. The Morgan fingerprint density at radius 2 is 2.07 bits per heavy atom. The van der Waals surface area contributed by atoms with Gasteiger partial charge in [0.1, 0.15) is 0 Å². The van der Waals surface area contributed by atoms with Crippen molar-refractivity contribution in [2.24, 2.45) is 0 Å². The van der Waals surface area contributed by atoms with Gasteiger partial charge in [0.15, 0.2) is 0 Å². The molecule has 1 unspecified atom stereocenters. The fourth-order valence-electron chi connectivity index (χ4n) is 1.16. The minimum atomic E-state index is 0.257. The molecule has 0 saturated heterocycles. The van der Waals surface area contributed by atoms with E-state index in [4.69, 9.17) is 9.84 Å². The minimum absolute atomic E-state index is 0.257. The molecule has 0 radical (unpaired) electrons. The molecule has 0 heterocycles. The third-order valence-electron chi connectivity index (χ3n) is 2.08. The lowest BCUT2D eigenvalue weighted by atomic mass is 10.2. The van der Waals surface area contributed by atoms with Crippen molar-refractivity contribution in [2.75, 3.05) is 12.5 Å². The van der Waals surface area contributed by atoms with Gasteiger partial charge in [-0.3, -0.25) is 0 Å². The van der Waals surface area contributed by atoms with Gasteiger partial charge in [0.25, 0.3) is 0 Å². The number of hydrogen-bond acceptors (Lipinski definition) is 3. The Kier molecular flexibility index (Phi) is 6.48. The molecular weight excluding hydrogens is 208 g/mol. The molecule has 0 saturated carbocycles. The molecule has 15 heavy (non-hydrogen) atoms. The molecule has 2 nitrogen and oxygen atoms in total. The van der Waals surface area contributed by atoms with Crippen LogP contribution in [0.2, 0.25) is 0 Å². The number of benzene rings is 1. The summed E-state index contributed by atoms with van der Waals surface area (Å²) in [5, 5.41) is 9.18. The predicted octanol–water partition coefficient (Wildman–Crippen LogP) is 2.66. The van der Waals surface area contributed by atoms with Gasteiger partial charge in [-0.25, -0.2) is 0 Å². The molecule has 0 amide bonds. The van der Waals surface area contributed by atoms with Crippen LogP contribution in [0.4, 0.5) is 0 Å². The molecular formula is C12H18O2S. The summed E-state index contributed by atoms with van der Waals surface area (Å²) in [6, 6.07) is 10.1. The quantitative estimate of drug-likeness (QED) is 0.572. The van der Waals surface area contributed by atoms with E-state index in [9.17, 15) is 0 Å². The van der Waals surface area contributed by atoms with Gasteiger partial charge in [0.2, 0.25) is 0 Å². The van der Waals surface area contributed by atoms with Gasteiger partial charge in [-0.1, -0.05) is 37.3 Å². The van der Waals surface area contributed by atoms with Crippen molar-refractivity contribution >= 4 is 11.8 Å². The zero-order valence-corrected chi connectivity index (χ0v) is 9.87. The second-order valence-electron chi connectivity index (χ2n) is 3.44. The Labute approximate surface area is 95.7 Å². The SMILES string of the molecule is CC(CCO)SCOCc1ccccc1. The largest absolute Gasteiger partial charge is 0.396 e. The van der Waals surface area contributed by atoms with Crippen molar-refractivity contribution in [3.05, 3.63) is 35.9 Å². The van der Waals surface area contributed by atoms with E-state index in [0.717, 1.165) is 6.42 Å². The van der Waals surface area contributed by atoms with Crippen LogP contribution in [0.25, 0.3) is 0 Å². The molecule has 0 aliphatic rings. The van der Waals surface area contributed by atoms with Crippen LogP contribution in [0.1, 0.15) is 18.9 Å².